The van der Waals surface area contributed by atoms with Gasteiger partial charge in [-0.15, -0.1) is 11.3 Å². The highest BCUT2D eigenvalue weighted by atomic mass is 32.1. The first-order valence-corrected chi connectivity index (χ1v) is 9.75. The van der Waals surface area contributed by atoms with Crippen molar-refractivity contribution in [3.05, 3.63) is 64.5 Å². The number of furan rings is 1. The Morgan fingerprint density at radius 2 is 2.04 bits per heavy atom. The van der Waals surface area contributed by atoms with Gasteiger partial charge in [0.15, 0.2) is 0 Å². The predicted molar refractivity (Wildman–Crippen MR) is 108 cm³/mol. The highest BCUT2D eigenvalue weighted by Gasteiger charge is 2.19. The van der Waals surface area contributed by atoms with Crippen LogP contribution in [0, 0.1) is 0 Å². The molecule has 4 rings (SSSR count). The summed E-state index contributed by atoms with van der Waals surface area (Å²) >= 11 is 1.42. The van der Waals surface area contributed by atoms with Crippen LogP contribution in [0.3, 0.4) is 0 Å². The fraction of sp³-hybridized carbons (Fsp3) is 0.190. The summed E-state index contributed by atoms with van der Waals surface area (Å²) < 4.78 is 11.8. The van der Waals surface area contributed by atoms with Gasteiger partial charge in [-0.3, -0.25) is 14.2 Å². The van der Waals surface area contributed by atoms with Gasteiger partial charge in [-0.25, -0.2) is 4.98 Å². The molecular weight excluding hydrogens is 376 g/mol. The Morgan fingerprint density at radius 3 is 2.75 bits per heavy atom. The number of carbonyl (C=O) groups excluding carboxylic acids is 1. The molecule has 0 radical (unpaired) electrons. The maximum atomic E-state index is 13.4. The maximum Gasteiger partial charge on any atom is 0.305 e. The topological polar surface area (TPSA) is 74.3 Å². The Labute approximate surface area is 165 Å². The van der Waals surface area contributed by atoms with Gasteiger partial charge in [0.25, 0.3) is 5.56 Å². The first-order chi connectivity index (χ1) is 13.7. The van der Waals surface area contributed by atoms with Crippen molar-refractivity contribution in [1.29, 1.82) is 0 Å². The van der Waals surface area contributed by atoms with E-state index < -0.39 is 0 Å². The lowest BCUT2D eigenvalue weighted by Crippen LogP contribution is -2.24. The fourth-order valence-corrected chi connectivity index (χ4v) is 4.05. The molecule has 6 nitrogen and oxygen atoms in total. The lowest BCUT2D eigenvalue weighted by Gasteiger charge is -2.12. The molecule has 4 aromatic rings. The van der Waals surface area contributed by atoms with Crippen molar-refractivity contribution in [3.63, 3.8) is 0 Å². The molecule has 0 bridgehead atoms. The van der Waals surface area contributed by atoms with Crippen LogP contribution in [0.25, 0.3) is 32.9 Å². The second-order valence-corrected chi connectivity index (χ2v) is 7.10. The molecule has 0 saturated heterocycles. The Balaban J connectivity index is 1.86. The lowest BCUT2D eigenvalue weighted by atomic mass is 10.1. The van der Waals surface area contributed by atoms with Crippen LogP contribution in [0.5, 0.6) is 0 Å². The fourth-order valence-electron chi connectivity index (χ4n) is 3.14. The summed E-state index contributed by atoms with van der Waals surface area (Å²) in [6.07, 6.45) is 2.31. The molecule has 0 spiro atoms. The van der Waals surface area contributed by atoms with Crippen molar-refractivity contribution in [3.8, 4) is 22.7 Å². The summed E-state index contributed by atoms with van der Waals surface area (Å²) in [6.45, 7) is 0.370. The number of methoxy groups -OCH3 is 1. The molecule has 0 aliphatic rings. The van der Waals surface area contributed by atoms with Crippen LogP contribution < -0.4 is 5.56 Å². The Hall–Kier alpha value is -3.19. The number of hydrogen-bond donors (Lipinski definition) is 0. The first-order valence-electron chi connectivity index (χ1n) is 8.87. The van der Waals surface area contributed by atoms with E-state index in [9.17, 15) is 9.59 Å². The number of carbonyl (C=O) groups is 1. The molecule has 142 valence electrons. The summed E-state index contributed by atoms with van der Waals surface area (Å²) in [7, 11) is 1.36. The summed E-state index contributed by atoms with van der Waals surface area (Å²) in [4.78, 5) is 30.3. The van der Waals surface area contributed by atoms with Gasteiger partial charge in [0.2, 0.25) is 0 Å². The number of fused-ring (bicyclic) bond motifs is 1. The van der Waals surface area contributed by atoms with Crippen LogP contribution in [0.2, 0.25) is 0 Å². The SMILES string of the molecule is COC(=O)CCCn1c(-c2ccccc2)nc2scc(-c3ccco3)c2c1=O. The average molecular weight is 394 g/mol. The number of thiophene rings is 1. The molecule has 1 aromatic carbocycles. The van der Waals surface area contributed by atoms with Gasteiger partial charge in [0.1, 0.15) is 16.4 Å². The Kier molecular flexibility index (Phi) is 5.08. The standard InChI is InChI=1S/C21H18N2O4S/c1-26-17(24)10-5-11-23-19(14-7-3-2-4-8-14)22-20-18(21(23)25)15(13-28-20)16-9-6-12-27-16/h2-4,6-9,12-13H,5,10-11H2,1H3. The molecule has 3 heterocycles. The van der Waals surface area contributed by atoms with Crippen molar-refractivity contribution in [2.45, 2.75) is 19.4 Å². The molecule has 0 aliphatic carbocycles. The molecule has 28 heavy (non-hydrogen) atoms. The number of aromatic nitrogens is 2. The average Bonchev–Trinajstić information content (AvgIpc) is 3.39. The zero-order valence-corrected chi connectivity index (χ0v) is 16.1. The van der Waals surface area contributed by atoms with E-state index in [-0.39, 0.29) is 17.9 Å². The van der Waals surface area contributed by atoms with Crippen LogP contribution in [-0.2, 0) is 16.1 Å². The molecule has 3 aromatic heterocycles. The van der Waals surface area contributed by atoms with Crippen molar-refractivity contribution in [2.24, 2.45) is 0 Å². The van der Waals surface area contributed by atoms with E-state index in [4.69, 9.17) is 14.1 Å². The molecule has 0 aliphatic heterocycles. The third-order valence-corrected chi connectivity index (χ3v) is 5.37. The molecule has 7 heteroatoms. The van der Waals surface area contributed by atoms with Gasteiger partial charge < -0.3 is 9.15 Å². The number of esters is 1. The predicted octanol–water partition coefficient (Wildman–Crippen LogP) is 4.34. The molecule has 0 N–H and O–H groups in total. The summed E-state index contributed by atoms with van der Waals surface area (Å²) in [6, 6.07) is 13.2. The van der Waals surface area contributed by atoms with Gasteiger partial charge in [-0.1, -0.05) is 30.3 Å². The smallest absolute Gasteiger partial charge is 0.305 e. The quantitative estimate of drug-likeness (QED) is 0.455. The minimum absolute atomic E-state index is 0.138. The molecule has 0 amide bonds. The number of rotatable bonds is 6. The maximum absolute atomic E-state index is 13.4. The summed E-state index contributed by atoms with van der Waals surface area (Å²) in [5.74, 6) is 0.935. The first kappa shape index (κ1) is 18.2. The highest BCUT2D eigenvalue weighted by molar-refractivity contribution is 7.17. The molecule has 0 atom stereocenters. The second-order valence-electron chi connectivity index (χ2n) is 6.24. The number of nitrogens with zero attached hydrogens (tertiary/aromatic N) is 2. The minimum atomic E-state index is -0.296. The summed E-state index contributed by atoms with van der Waals surface area (Å²) in [5, 5.41) is 2.43. The minimum Gasteiger partial charge on any atom is -0.469 e. The van der Waals surface area contributed by atoms with Crippen molar-refractivity contribution in [1.82, 2.24) is 9.55 Å². The van der Waals surface area contributed by atoms with Gasteiger partial charge in [0, 0.05) is 29.5 Å². The van der Waals surface area contributed by atoms with Crippen LogP contribution in [0.4, 0.5) is 0 Å². The van der Waals surface area contributed by atoms with Crippen molar-refractivity contribution < 1.29 is 13.9 Å². The number of benzene rings is 1. The third-order valence-electron chi connectivity index (χ3n) is 4.50. The van der Waals surface area contributed by atoms with Crippen molar-refractivity contribution >= 4 is 27.5 Å². The van der Waals surface area contributed by atoms with Crippen LogP contribution in [0.1, 0.15) is 12.8 Å². The molecule has 0 fully saturated rings. The van der Waals surface area contributed by atoms with E-state index in [0.29, 0.717) is 34.8 Å². The van der Waals surface area contributed by atoms with Gasteiger partial charge >= 0.3 is 5.97 Å². The van der Waals surface area contributed by atoms with E-state index in [1.165, 1.54) is 18.4 Å². The highest BCUT2D eigenvalue weighted by Crippen LogP contribution is 2.32. The monoisotopic (exact) mass is 394 g/mol. The lowest BCUT2D eigenvalue weighted by molar-refractivity contribution is -0.140. The van der Waals surface area contributed by atoms with Crippen molar-refractivity contribution in [2.75, 3.05) is 7.11 Å². The van der Waals surface area contributed by atoms with Crippen LogP contribution in [0.15, 0.2) is 63.3 Å². The Bertz CT molecular complexity index is 1160. The van der Waals surface area contributed by atoms with Gasteiger partial charge in [0.05, 0.1) is 18.8 Å². The third kappa shape index (κ3) is 3.36. The van der Waals surface area contributed by atoms with E-state index >= 15 is 0 Å². The second kappa shape index (κ2) is 7.82. The van der Waals surface area contributed by atoms with E-state index in [1.54, 1.807) is 16.9 Å². The molecule has 0 saturated carbocycles. The molecular formula is C21H18N2O4S. The van der Waals surface area contributed by atoms with E-state index in [2.05, 4.69) is 0 Å². The van der Waals surface area contributed by atoms with E-state index in [1.807, 2.05) is 41.8 Å². The van der Waals surface area contributed by atoms with Crippen LogP contribution in [-0.4, -0.2) is 22.6 Å². The number of ether oxygens (including phenoxy) is 1. The zero-order chi connectivity index (χ0) is 19.5. The normalized spacial score (nSPS) is 11.0. The van der Waals surface area contributed by atoms with Gasteiger partial charge in [-0.05, 0) is 18.6 Å². The Morgan fingerprint density at radius 1 is 1.21 bits per heavy atom. The van der Waals surface area contributed by atoms with E-state index in [0.717, 1.165) is 11.1 Å². The molecule has 0 unspecified atom stereocenters. The largest absolute Gasteiger partial charge is 0.469 e. The van der Waals surface area contributed by atoms with Gasteiger partial charge in [-0.2, -0.15) is 0 Å². The zero-order valence-electron chi connectivity index (χ0n) is 15.3. The number of hydrogen-bond acceptors (Lipinski definition) is 6. The van der Waals surface area contributed by atoms with Crippen LogP contribution >= 0.6 is 11.3 Å². The summed E-state index contributed by atoms with van der Waals surface area (Å²) in [5.41, 5.74) is 1.46.